The molecule has 2 aromatic rings. The zero-order chi connectivity index (χ0) is 22.8. The topological polar surface area (TPSA) is 102 Å². The molecule has 8 heteroatoms. The number of hydrogen-bond donors (Lipinski definition) is 3. The van der Waals surface area contributed by atoms with Crippen LogP contribution in [0.2, 0.25) is 0 Å². The Kier molecular flexibility index (Phi) is 6.14. The van der Waals surface area contributed by atoms with Crippen LogP contribution in [0.3, 0.4) is 0 Å². The van der Waals surface area contributed by atoms with E-state index in [1.165, 1.54) is 6.92 Å². The summed E-state index contributed by atoms with van der Waals surface area (Å²) >= 11 is 0. The number of fused-ring (bicyclic) bond motifs is 1. The Balaban J connectivity index is 1.60. The number of carbonyl (C=O) groups is 3. The molecule has 168 valence electrons. The second kappa shape index (κ2) is 9.00. The summed E-state index contributed by atoms with van der Waals surface area (Å²) in [5.74, 6) is -0.00333. The zero-order valence-corrected chi connectivity index (χ0v) is 18.3. The number of amides is 3. The lowest BCUT2D eigenvalue weighted by molar-refractivity contribution is -0.124. The quantitative estimate of drug-likeness (QED) is 0.684. The molecule has 0 radical (unpaired) electrons. The summed E-state index contributed by atoms with van der Waals surface area (Å²) < 4.78 is 0. The molecule has 4 rings (SSSR count). The lowest BCUT2D eigenvalue weighted by Gasteiger charge is -2.39. The second-order valence-electron chi connectivity index (χ2n) is 8.51. The molecule has 32 heavy (non-hydrogen) atoms. The second-order valence-corrected chi connectivity index (χ2v) is 8.51. The smallest absolute Gasteiger partial charge is 0.405 e. The van der Waals surface area contributed by atoms with E-state index in [2.05, 4.69) is 27.7 Å². The van der Waals surface area contributed by atoms with Gasteiger partial charge in [-0.05, 0) is 47.7 Å². The zero-order valence-electron chi connectivity index (χ0n) is 18.3. The molecule has 1 fully saturated rings. The van der Waals surface area contributed by atoms with Gasteiger partial charge in [-0.25, -0.2) is 4.79 Å². The Morgan fingerprint density at radius 3 is 2.53 bits per heavy atom. The molecular formula is C24H28N4O4. The highest BCUT2D eigenvalue weighted by Crippen LogP contribution is 2.39. The summed E-state index contributed by atoms with van der Waals surface area (Å²) in [4.78, 5) is 39.0. The van der Waals surface area contributed by atoms with E-state index in [-0.39, 0.29) is 23.9 Å². The van der Waals surface area contributed by atoms with Gasteiger partial charge in [-0.1, -0.05) is 30.3 Å². The Hall–Kier alpha value is -3.39. The Labute approximate surface area is 187 Å². The minimum absolute atomic E-state index is 0.0559. The first-order chi connectivity index (χ1) is 15.3. The van der Waals surface area contributed by atoms with E-state index < -0.39 is 6.09 Å². The van der Waals surface area contributed by atoms with Crippen molar-refractivity contribution in [2.45, 2.75) is 38.9 Å². The molecule has 0 spiro atoms. The summed E-state index contributed by atoms with van der Waals surface area (Å²) in [6, 6.07) is 13.5. The molecule has 1 saturated heterocycles. The number of benzene rings is 2. The maximum absolute atomic E-state index is 12.2. The molecule has 2 unspecified atom stereocenters. The van der Waals surface area contributed by atoms with Gasteiger partial charge in [0.15, 0.2) is 0 Å². The number of carboxylic acid groups (broad SMARTS) is 1. The van der Waals surface area contributed by atoms with Crippen LogP contribution in [-0.2, 0) is 16.1 Å². The fraction of sp³-hybridized carbons (Fsp3) is 0.375. The van der Waals surface area contributed by atoms with Gasteiger partial charge >= 0.3 is 6.09 Å². The van der Waals surface area contributed by atoms with Crippen molar-refractivity contribution in [2.75, 3.05) is 24.5 Å². The van der Waals surface area contributed by atoms with Gasteiger partial charge in [0.2, 0.25) is 11.8 Å². The monoisotopic (exact) mass is 436 g/mol. The van der Waals surface area contributed by atoms with Crippen molar-refractivity contribution in [2.24, 2.45) is 0 Å². The van der Waals surface area contributed by atoms with Crippen LogP contribution in [0.5, 0.6) is 0 Å². The molecule has 0 saturated carbocycles. The highest BCUT2D eigenvalue weighted by molar-refractivity contribution is 5.94. The molecule has 0 aromatic heterocycles. The van der Waals surface area contributed by atoms with Crippen LogP contribution in [0.15, 0.2) is 42.5 Å². The Bertz CT molecular complexity index is 1040. The normalized spacial score (nSPS) is 20.9. The minimum Gasteiger partial charge on any atom is -0.465 e. The number of anilines is 1. The molecular weight excluding hydrogens is 408 g/mol. The Morgan fingerprint density at radius 2 is 1.88 bits per heavy atom. The average molecular weight is 437 g/mol. The lowest BCUT2D eigenvalue weighted by atomic mass is 9.89. The number of piperazine rings is 1. The molecule has 8 nitrogen and oxygen atoms in total. The fourth-order valence-corrected chi connectivity index (χ4v) is 4.70. The van der Waals surface area contributed by atoms with Crippen molar-refractivity contribution >= 4 is 23.6 Å². The van der Waals surface area contributed by atoms with Gasteiger partial charge in [-0.3, -0.25) is 14.5 Å². The van der Waals surface area contributed by atoms with Crippen molar-refractivity contribution in [3.63, 3.8) is 0 Å². The number of nitrogens with zero attached hydrogens (tertiary/aromatic N) is 2. The first kappa shape index (κ1) is 21.8. The summed E-state index contributed by atoms with van der Waals surface area (Å²) in [5, 5.41) is 14.7. The third-order valence-electron chi connectivity index (χ3n) is 6.13. The van der Waals surface area contributed by atoms with Crippen molar-refractivity contribution < 1.29 is 19.5 Å². The Morgan fingerprint density at radius 1 is 1.16 bits per heavy atom. The van der Waals surface area contributed by atoms with Crippen molar-refractivity contribution in [1.82, 2.24) is 15.5 Å². The molecule has 0 bridgehead atoms. The number of nitrogens with one attached hydrogen (secondary N) is 2. The van der Waals surface area contributed by atoms with Gasteiger partial charge in [-0.2, -0.15) is 0 Å². The highest BCUT2D eigenvalue weighted by Gasteiger charge is 2.33. The maximum Gasteiger partial charge on any atom is 0.405 e. The molecule has 3 amide bonds. The highest BCUT2D eigenvalue weighted by atomic mass is 16.4. The summed E-state index contributed by atoms with van der Waals surface area (Å²) in [5.41, 5.74) is 4.65. The van der Waals surface area contributed by atoms with Crippen LogP contribution in [0.25, 0.3) is 11.1 Å². The van der Waals surface area contributed by atoms with Crippen molar-refractivity contribution in [1.29, 1.82) is 0 Å². The summed E-state index contributed by atoms with van der Waals surface area (Å²) in [6.45, 7) is 6.10. The largest absolute Gasteiger partial charge is 0.465 e. The van der Waals surface area contributed by atoms with Crippen LogP contribution in [0, 0.1) is 0 Å². The number of rotatable bonds is 4. The third kappa shape index (κ3) is 4.60. The average Bonchev–Trinajstić information content (AvgIpc) is 2.73. The van der Waals surface area contributed by atoms with Gasteiger partial charge in [0.05, 0.1) is 12.6 Å². The standard InChI is InChI=1S/C24H28N4O4/c1-15-11-21(26-24(31)32)20-12-19(7-8-22(20)28(15)16(2)29)18-5-3-17(4-6-18)13-27-10-9-25-23(30)14-27/h3-8,12,15,21,26H,9-11,13-14H2,1-2H3,(H,25,30)(H,31,32). The van der Waals surface area contributed by atoms with Crippen LogP contribution in [0.1, 0.15) is 37.4 Å². The number of hydrogen-bond acceptors (Lipinski definition) is 4. The first-order valence-corrected chi connectivity index (χ1v) is 10.8. The molecule has 3 N–H and O–H groups in total. The summed E-state index contributed by atoms with van der Waals surface area (Å²) in [6.07, 6.45) is -0.560. The van der Waals surface area contributed by atoms with Crippen LogP contribution >= 0.6 is 0 Å². The summed E-state index contributed by atoms with van der Waals surface area (Å²) in [7, 11) is 0. The van der Waals surface area contributed by atoms with Crippen LogP contribution < -0.4 is 15.5 Å². The van der Waals surface area contributed by atoms with E-state index in [1.807, 2.05) is 37.3 Å². The molecule has 0 aliphatic carbocycles. The van der Waals surface area contributed by atoms with Gasteiger partial charge in [0, 0.05) is 38.3 Å². The van der Waals surface area contributed by atoms with Crippen LogP contribution in [0.4, 0.5) is 10.5 Å². The third-order valence-corrected chi connectivity index (χ3v) is 6.13. The lowest BCUT2D eigenvalue weighted by Crippen LogP contribution is -2.47. The first-order valence-electron chi connectivity index (χ1n) is 10.8. The fourth-order valence-electron chi connectivity index (χ4n) is 4.70. The van der Waals surface area contributed by atoms with Crippen LogP contribution in [-0.4, -0.2) is 53.6 Å². The van der Waals surface area contributed by atoms with Crippen molar-refractivity contribution in [3.8, 4) is 11.1 Å². The molecule has 2 atom stereocenters. The molecule has 2 aliphatic heterocycles. The van der Waals surface area contributed by atoms with Gasteiger partial charge in [0.25, 0.3) is 0 Å². The van der Waals surface area contributed by atoms with E-state index in [0.29, 0.717) is 26.1 Å². The van der Waals surface area contributed by atoms with E-state index in [0.717, 1.165) is 34.5 Å². The molecule has 2 aliphatic rings. The van der Waals surface area contributed by atoms with Gasteiger partial charge < -0.3 is 20.6 Å². The van der Waals surface area contributed by atoms with Gasteiger partial charge in [-0.15, -0.1) is 0 Å². The van der Waals surface area contributed by atoms with Gasteiger partial charge in [0.1, 0.15) is 0 Å². The van der Waals surface area contributed by atoms with Crippen molar-refractivity contribution in [3.05, 3.63) is 53.6 Å². The van der Waals surface area contributed by atoms with E-state index in [1.54, 1.807) is 4.90 Å². The van der Waals surface area contributed by atoms with E-state index >= 15 is 0 Å². The molecule has 2 heterocycles. The van der Waals surface area contributed by atoms with E-state index in [9.17, 15) is 19.5 Å². The predicted molar refractivity (Wildman–Crippen MR) is 121 cm³/mol. The molecule has 2 aromatic carbocycles. The SMILES string of the molecule is CC(=O)N1c2ccc(-c3ccc(CN4CCNC(=O)C4)cc3)cc2C(NC(=O)O)CC1C. The number of carbonyl (C=O) groups excluding carboxylic acids is 2. The maximum atomic E-state index is 12.2. The van der Waals surface area contributed by atoms with E-state index in [4.69, 9.17) is 0 Å². The minimum atomic E-state index is -1.08. The predicted octanol–water partition coefficient (Wildman–Crippen LogP) is 2.74.